The molecule has 2 heterocycles. The van der Waals surface area contributed by atoms with E-state index in [4.69, 9.17) is 21.7 Å². The standard InChI is InChI=1S/C20H22N4O5S/c1-4-5-8-24-18(26)13(17(25)23-20(24)30)10-21-15-12-7-6-11(28-2)9-14(12)22-16(15)19(27)29-3/h6-7,9-10,22,26H,4-5,8H2,1-3H3,(H,23,25,30). The van der Waals surface area contributed by atoms with Crippen LogP contribution in [0.5, 0.6) is 11.6 Å². The molecule has 0 radical (unpaired) electrons. The predicted octanol–water partition coefficient (Wildman–Crippen LogP) is 3.44. The van der Waals surface area contributed by atoms with Crippen LogP contribution < -0.4 is 10.3 Å². The number of rotatable bonds is 7. The van der Waals surface area contributed by atoms with Crippen LogP contribution in [0.1, 0.15) is 35.8 Å². The number of nitrogens with zero attached hydrogens (tertiary/aromatic N) is 2. The average molecular weight is 430 g/mol. The van der Waals surface area contributed by atoms with Gasteiger partial charge >= 0.3 is 5.97 Å². The summed E-state index contributed by atoms with van der Waals surface area (Å²) >= 11 is 5.15. The summed E-state index contributed by atoms with van der Waals surface area (Å²) in [6, 6.07) is 5.18. The smallest absolute Gasteiger partial charge is 0.356 e. The third kappa shape index (κ3) is 3.99. The van der Waals surface area contributed by atoms with Gasteiger partial charge in [0.2, 0.25) is 5.88 Å². The molecule has 0 aliphatic rings. The molecule has 3 aromatic rings. The number of ether oxygens (including phenoxy) is 2. The lowest BCUT2D eigenvalue weighted by Gasteiger charge is -2.10. The Kier molecular flexibility index (Phi) is 6.36. The van der Waals surface area contributed by atoms with Crippen molar-refractivity contribution in [2.75, 3.05) is 14.2 Å². The van der Waals surface area contributed by atoms with Crippen molar-refractivity contribution in [3.63, 3.8) is 0 Å². The number of aromatic nitrogens is 3. The summed E-state index contributed by atoms with van der Waals surface area (Å²) in [5.41, 5.74) is 0.375. The number of carbonyl (C=O) groups excluding carboxylic acids is 1. The van der Waals surface area contributed by atoms with Gasteiger partial charge in [0.05, 0.1) is 19.7 Å². The molecule has 2 aromatic heterocycles. The second-order valence-electron chi connectivity index (χ2n) is 6.51. The zero-order chi connectivity index (χ0) is 21.8. The Hall–Kier alpha value is -3.40. The minimum Gasteiger partial charge on any atom is -0.497 e. The van der Waals surface area contributed by atoms with Gasteiger partial charge in [0.15, 0.2) is 10.5 Å². The lowest BCUT2D eigenvalue weighted by atomic mass is 10.2. The van der Waals surface area contributed by atoms with Crippen LogP contribution in [0.3, 0.4) is 0 Å². The molecule has 0 aliphatic heterocycles. The molecule has 1 aromatic carbocycles. The van der Waals surface area contributed by atoms with Gasteiger partial charge in [0, 0.05) is 24.2 Å². The zero-order valence-corrected chi connectivity index (χ0v) is 17.6. The minimum atomic E-state index is -0.616. The molecule has 0 atom stereocenters. The van der Waals surface area contributed by atoms with E-state index in [0.29, 0.717) is 23.2 Å². The Labute approximate surface area is 177 Å². The third-order valence-corrected chi connectivity index (χ3v) is 4.96. The van der Waals surface area contributed by atoms with Gasteiger partial charge < -0.3 is 19.6 Å². The Bertz CT molecular complexity index is 1240. The number of methoxy groups -OCH3 is 2. The molecule has 30 heavy (non-hydrogen) atoms. The van der Waals surface area contributed by atoms with E-state index in [2.05, 4.69) is 15.0 Å². The van der Waals surface area contributed by atoms with Crippen LogP contribution >= 0.6 is 12.2 Å². The highest BCUT2D eigenvalue weighted by atomic mass is 32.1. The van der Waals surface area contributed by atoms with Gasteiger partial charge in [-0.3, -0.25) is 19.3 Å². The number of unbranched alkanes of at least 4 members (excludes halogenated alkanes) is 1. The van der Waals surface area contributed by atoms with Crippen molar-refractivity contribution >= 4 is 41.0 Å². The molecule has 0 spiro atoms. The van der Waals surface area contributed by atoms with E-state index in [1.54, 1.807) is 18.2 Å². The third-order valence-electron chi connectivity index (χ3n) is 4.63. The highest BCUT2D eigenvalue weighted by molar-refractivity contribution is 7.71. The fourth-order valence-corrected chi connectivity index (χ4v) is 3.29. The van der Waals surface area contributed by atoms with Crippen molar-refractivity contribution in [2.24, 2.45) is 4.99 Å². The molecular formula is C20H22N4O5S. The summed E-state index contributed by atoms with van der Waals surface area (Å²) in [6.45, 7) is 2.47. The van der Waals surface area contributed by atoms with Crippen LogP contribution in [0, 0.1) is 4.77 Å². The highest BCUT2D eigenvalue weighted by Crippen LogP contribution is 2.33. The molecule has 10 heteroatoms. The first-order valence-electron chi connectivity index (χ1n) is 9.29. The molecule has 0 aliphatic carbocycles. The first kappa shape index (κ1) is 21.3. The van der Waals surface area contributed by atoms with Crippen LogP contribution in [-0.4, -0.2) is 46.0 Å². The number of H-pyrrole nitrogens is 2. The van der Waals surface area contributed by atoms with Crippen LogP contribution in [0.4, 0.5) is 5.69 Å². The van der Waals surface area contributed by atoms with Gasteiger partial charge in [-0.15, -0.1) is 0 Å². The summed E-state index contributed by atoms with van der Waals surface area (Å²) in [7, 11) is 2.80. The van der Waals surface area contributed by atoms with E-state index in [9.17, 15) is 14.7 Å². The van der Waals surface area contributed by atoms with E-state index in [1.165, 1.54) is 25.0 Å². The van der Waals surface area contributed by atoms with E-state index in [1.807, 2.05) is 6.92 Å². The lowest BCUT2D eigenvalue weighted by molar-refractivity contribution is 0.0596. The molecule has 0 fully saturated rings. The second-order valence-corrected chi connectivity index (χ2v) is 6.90. The molecule has 0 amide bonds. The Morgan fingerprint density at radius 3 is 2.77 bits per heavy atom. The highest BCUT2D eigenvalue weighted by Gasteiger charge is 2.19. The van der Waals surface area contributed by atoms with Gasteiger partial charge in [0.1, 0.15) is 17.0 Å². The minimum absolute atomic E-state index is 0.0571. The van der Waals surface area contributed by atoms with E-state index in [-0.39, 0.29) is 27.6 Å². The summed E-state index contributed by atoms with van der Waals surface area (Å²) in [5, 5.41) is 11.2. The molecule has 9 nitrogen and oxygen atoms in total. The van der Waals surface area contributed by atoms with E-state index >= 15 is 0 Å². The molecule has 3 N–H and O–H groups in total. The van der Waals surface area contributed by atoms with Crippen LogP contribution in [0.2, 0.25) is 0 Å². The number of aromatic amines is 2. The summed E-state index contributed by atoms with van der Waals surface area (Å²) < 4.78 is 11.6. The second kappa shape index (κ2) is 8.95. The SMILES string of the molecule is CCCCn1c(O)c(C=Nc2c(C(=O)OC)[nH]c3cc(OC)ccc23)c(=O)[nH]c1=S. The number of esters is 1. The van der Waals surface area contributed by atoms with Crippen molar-refractivity contribution in [3.05, 3.63) is 44.6 Å². The molecule has 3 rings (SSSR count). The Morgan fingerprint density at radius 1 is 1.33 bits per heavy atom. The first-order chi connectivity index (χ1) is 14.4. The van der Waals surface area contributed by atoms with Gasteiger partial charge in [-0.05, 0) is 30.8 Å². The number of benzene rings is 1. The average Bonchev–Trinajstić information content (AvgIpc) is 3.10. The number of hydrogen-bond donors (Lipinski definition) is 3. The quantitative estimate of drug-likeness (QED) is 0.300. The van der Waals surface area contributed by atoms with E-state index < -0.39 is 11.5 Å². The van der Waals surface area contributed by atoms with Crippen LogP contribution in [0.15, 0.2) is 28.0 Å². The van der Waals surface area contributed by atoms with Gasteiger partial charge in [-0.2, -0.15) is 0 Å². The van der Waals surface area contributed by atoms with E-state index in [0.717, 1.165) is 12.8 Å². The number of aromatic hydroxyl groups is 1. The predicted molar refractivity (Wildman–Crippen MR) is 116 cm³/mol. The maximum absolute atomic E-state index is 12.4. The number of hydrogen-bond acceptors (Lipinski definition) is 7. The maximum Gasteiger partial charge on any atom is 0.356 e. The first-order valence-corrected chi connectivity index (χ1v) is 9.70. The molecule has 0 bridgehead atoms. The van der Waals surface area contributed by atoms with Crippen molar-refractivity contribution in [1.82, 2.24) is 14.5 Å². The van der Waals surface area contributed by atoms with Gasteiger partial charge in [-0.25, -0.2) is 4.79 Å². The van der Waals surface area contributed by atoms with Crippen molar-refractivity contribution in [3.8, 4) is 11.6 Å². The number of fused-ring (bicyclic) bond motifs is 1. The van der Waals surface area contributed by atoms with Crippen LogP contribution in [0.25, 0.3) is 10.9 Å². The van der Waals surface area contributed by atoms with Crippen molar-refractivity contribution in [1.29, 1.82) is 0 Å². The largest absolute Gasteiger partial charge is 0.497 e. The van der Waals surface area contributed by atoms with Gasteiger partial charge in [0.25, 0.3) is 5.56 Å². The monoisotopic (exact) mass is 430 g/mol. The fourth-order valence-electron chi connectivity index (χ4n) is 3.02. The molecule has 0 unspecified atom stereocenters. The van der Waals surface area contributed by atoms with Gasteiger partial charge in [-0.1, -0.05) is 13.3 Å². The summed E-state index contributed by atoms with van der Waals surface area (Å²) in [6.07, 6.45) is 2.89. The molecule has 0 saturated carbocycles. The summed E-state index contributed by atoms with van der Waals surface area (Å²) in [5.74, 6) is -0.292. The van der Waals surface area contributed by atoms with Crippen molar-refractivity contribution < 1.29 is 19.4 Å². The Balaban J connectivity index is 2.15. The molecule has 158 valence electrons. The van der Waals surface area contributed by atoms with Crippen LogP contribution in [-0.2, 0) is 11.3 Å². The number of aliphatic imine (C=N–C) groups is 1. The number of carbonyl (C=O) groups is 1. The molecule has 0 saturated heterocycles. The Morgan fingerprint density at radius 2 is 2.10 bits per heavy atom. The zero-order valence-electron chi connectivity index (χ0n) is 16.8. The van der Waals surface area contributed by atoms with Crippen molar-refractivity contribution in [2.45, 2.75) is 26.3 Å². The lowest BCUT2D eigenvalue weighted by Crippen LogP contribution is -2.18. The normalized spacial score (nSPS) is 11.3. The summed E-state index contributed by atoms with van der Waals surface area (Å²) in [4.78, 5) is 34.4. The topological polar surface area (TPSA) is 122 Å². The fraction of sp³-hybridized carbons (Fsp3) is 0.300. The molecular weight excluding hydrogens is 408 g/mol. The number of nitrogens with one attached hydrogen (secondary N) is 2. The maximum atomic E-state index is 12.4.